The van der Waals surface area contributed by atoms with Gasteiger partial charge in [0.1, 0.15) is 0 Å². The summed E-state index contributed by atoms with van der Waals surface area (Å²) in [6, 6.07) is 7.81. The van der Waals surface area contributed by atoms with Crippen molar-refractivity contribution in [2.75, 3.05) is 0 Å². The minimum Gasteiger partial charge on any atom is -0.326 e. The highest BCUT2D eigenvalue weighted by Crippen LogP contribution is 2.18. The lowest BCUT2D eigenvalue weighted by Gasteiger charge is -2.02. The molecule has 1 aromatic carbocycles. The van der Waals surface area contributed by atoms with E-state index in [-0.39, 0.29) is 6.61 Å². The average molecular weight is 226 g/mol. The van der Waals surface area contributed by atoms with E-state index >= 15 is 0 Å². The van der Waals surface area contributed by atoms with Gasteiger partial charge in [0, 0.05) is 0 Å². The number of allylic oxidation sites excluding steroid dienone is 1. The van der Waals surface area contributed by atoms with Gasteiger partial charge in [-0.1, -0.05) is 30.3 Å². The summed E-state index contributed by atoms with van der Waals surface area (Å²) in [5.74, 6) is 0. The predicted molar refractivity (Wildman–Crippen MR) is 61.0 cm³/mol. The molecule has 1 atom stereocenters. The third kappa shape index (κ3) is 4.93. The fourth-order valence-electron chi connectivity index (χ4n) is 1.22. The summed E-state index contributed by atoms with van der Waals surface area (Å²) < 4.78 is 15.0. The Hall–Kier alpha value is -0.890. The summed E-state index contributed by atoms with van der Waals surface area (Å²) in [4.78, 5) is 8.50. The molecule has 82 valence electrons. The molecule has 0 radical (unpaired) electrons. The molecule has 1 N–H and O–H groups in total. The van der Waals surface area contributed by atoms with E-state index in [0.29, 0.717) is 0 Å². The highest BCUT2D eigenvalue weighted by Gasteiger charge is 1.96. The highest BCUT2D eigenvalue weighted by molar-refractivity contribution is 7.32. The fourth-order valence-corrected chi connectivity index (χ4v) is 1.51. The number of hydrogen-bond donors (Lipinski definition) is 1. The molecule has 3 nitrogen and oxygen atoms in total. The molecule has 0 amide bonds. The molecule has 1 unspecified atom stereocenters. The van der Waals surface area contributed by atoms with Gasteiger partial charge in [0.25, 0.3) is 0 Å². The molecule has 0 aliphatic rings. The Morgan fingerprint density at radius 2 is 1.93 bits per heavy atom. The van der Waals surface area contributed by atoms with Crippen molar-refractivity contribution in [3.63, 3.8) is 0 Å². The maximum Gasteiger partial charge on any atom is 0.316 e. The van der Waals surface area contributed by atoms with Crippen LogP contribution in [0.5, 0.6) is 0 Å². The van der Waals surface area contributed by atoms with Crippen LogP contribution in [0.15, 0.2) is 36.9 Å². The Morgan fingerprint density at radius 3 is 2.47 bits per heavy atom. The number of rotatable bonds is 6. The van der Waals surface area contributed by atoms with Crippen molar-refractivity contribution >= 4 is 8.25 Å². The van der Waals surface area contributed by atoms with Gasteiger partial charge in [-0.3, -0.25) is 4.57 Å². The molecule has 0 fully saturated rings. The molecule has 0 saturated heterocycles. The third-order valence-electron chi connectivity index (χ3n) is 2.02. The molecule has 1 aromatic rings. The molecule has 0 aliphatic carbocycles. The Bertz CT molecular complexity index is 332. The Balaban J connectivity index is 2.48. The van der Waals surface area contributed by atoms with E-state index in [1.54, 1.807) is 0 Å². The monoisotopic (exact) mass is 226 g/mol. The highest BCUT2D eigenvalue weighted by atomic mass is 31.1. The van der Waals surface area contributed by atoms with Crippen LogP contribution < -0.4 is 0 Å². The quantitative estimate of drug-likeness (QED) is 0.599. The zero-order valence-electron chi connectivity index (χ0n) is 8.48. The summed E-state index contributed by atoms with van der Waals surface area (Å²) >= 11 is 0. The number of hydrogen-bond acceptors (Lipinski definition) is 2. The van der Waals surface area contributed by atoms with E-state index in [1.165, 1.54) is 5.56 Å². The predicted octanol–water partition coefficient (Wildman–Crippen LogP) is 2.70. The smallest absolute Gasteiger partial charge is 0.316 e. The van der Waals surface area contributed by atoms with Crippen LogP contribution in [0.25, 0.3) is 0 Å². The van der Waals surface area contributed by atoms with E-state index in [4.69, 9.17) is 4.89 Å². The van der Waals surface area contributed by atoms with Crippen molar-refractivity contribution in [2.24, 2.45) is 0 Å². The van der Waals surface area contributed by atoms with Crippen molar-refractivity contribution in [2.45, 2.75) is 19.4 Å². The first kappa shape index (κ1) is 12.2. The first-order valence-corrected chi connectivity index (χ1v) is 6.03. The maximum absolute atomic E-state index is 10.3. The number of benzene rings is 1. The van der Waals surface area contributed by atoms with Gasteiger partial charge in [0.15, 0.2) is 0 Å². The Morgan fingerprint density at radius 1 is 1.33 bits per heavy atom. The largest absolute Gasteiger partial charge is 0.326 e. The normalized spacial score (nSPS) is 12.3. The fraction of sp³-hybridized carbons (Fsp3) is 0.273. The van der Waals surface area contributed by atoms with Crippen LogP contribution in [0.4, 0.5) is 0 Å². The van der Waals surface area contributed by atoms with E-state index in [2.05, 4.69) is 11.1 Å². The second-order valence-corrected chi connectivity index (χ2v) is 4.02. The molecular formula is C11H15O3P. The van der Waals surface area contributed by atoms with Crippen LogP contribution in [-0.2, 0) is 22.1 Å². The van der Waals surface area contributed by atoms with Crippen LogP contribution in [0, 0.1) is 0 Å². The van der Waals surface area contributed by atoms with Crippen molar-refractivity contribution in [1.29, 1.82) is 0 Å². The summed E-state index contributed by atoms with van der Waals surface area (Å²) in [6.45, 7) is 3.85. The van der Waals surface area contributed by atoms with Crippen LogP contribution in [0.3, 0.4) is 0 Å². The SMILES string of the molecule is C=CCCc1ccc(CO[PH](=O)O)cc1. The van der Waals surface area contributed by atoms with Gasteiger partial charge in [0.2, 0.25) is 0 Å². The minimum atomic E-state index is -2.82. The van der Waals surface area contributed by atoms with Crippen LogP contribution >= 0.6 is 8.25 Å². The van der Waals surface area contributed by atoms with Crippen LogP contribution in [-0.4, -0.2) is 4.89 Å². The standard InChI is InChI=1S/C11H15O3P/c1-2-3-4-10-5-7-11(8-6-10)9-14-15(12)13/h2,5-8,15H,1,3-4,9H2,(H,12,13). The molecule has 0 spiro atoms. The number of aryl methyl sites for hydroxylation is 1. The van der Waals surface area contributed by atoms with Gasteiger partial charge in [-0.2, -0.15) is 0 Å². The van der Waals surface area contributed by atoms with E-state index < -0.39 is 8.25 Å². The Labute approximate surface area is 90.4 Å². The van der Waals surface area contributed by atoms with E-state index in [1.807, 2.05) is 30.3 Å². The second-order valence-electron chi connectivity index (χ2n) is 3.20. The molecule has 1 rings (SSSR count). The lowest BCUT2D eigenvalue weighted by molar-refractivity contribution is 0.272. The molecular weight excluding hydrogens is 211 g/mol. The van der Waals surface area contributed by atoms with Crippen LogP contribution in [0.2, 0.25) is 0 Å². The lowest BCUT2D eigenvalue weighted by atomic mass is 10.1. The minimum absolute atomic E-state index is 0.191. The van der Waals surface area contributed by atoms with Gasteiger partial charge in [-0.25, -0.2) is 0 Å². The molecule has 0 heterocycles. The summed E-state index contributed by atoms with van der Waals surface area (Å²) in [7, 11) is -2.82. The topological polar surface area (TPSA) is 46.5 Å². The first-order valence-electron chi connectivity index (χ1n) is 4.77. The van der Waals surface area contributed by atoms with Gasteiger partial charge in [-0.15, -0.1) is 6.58 Å². The van der Waals surface area contributed by atoms with Crippen molar-refractivity contribution < 1.29 is 14.0 Å². The molecule has 0 bridgehead atoms. The van der Waals surface area contributed by atoms with Crippen LogP contribution in [0.1, 0.15) is 17.5 Å². The molecule has 0 aliphatic heterocycles. The van der Waals surface area contributed by atoms with E-state index in [9.17, 15) is 4.57 Å². The summed E-state index contributed by atoms with van der Waals surface area (Å²) in [6.07, 6.45) is 3.82. The van der Waals surface area contributed by atoms with Gasteiger partial charge >= 0.3 is 8.25 Å². The first-order chi connectivity index (χ1) is 7.22. The summed E-state index contributed by atoms with van der Waals surface area (Å²) in [5.41, 5.74) is 2.14. The second kappa shape index (κ2) is 6.57. The Kier molecular flexibility index (Phi) is 5.33. The van der Waals surface area contributed by atoms with Gasteiger partial charge in [0.05, 0.1) is 6.61 Å². The molecule has 0 saturated carbocycles. The van der Waals surface area contributed by atoms with Crippen molar-refractivity contribution in [3.05, 3.63) is 48.0 Å². The zero-order valence-corrected chi connectivity index (χ0v) is 9.48. The zero-order chi connectivity index (χ0) is 11.1. The molecule has 4 heteroatoms. The summed E-state index contributed by atoms with van der Waals surface area (Å²) in [5, 5.41) is 0. The molecule has 0 aromatic heterocycles. The van der Waals surface area contributed by atoms with Gasteiger partial charge in [-0.05, 0) is 24.0 Å². The van der Waals surface area contributed by atoms with Crippen molar-refractivity contribution in [3.8, 4) is 0 Å². The average Bonchev–Trinajstić information content (AvgIpc) is 2.25. The third-order valence-corrected chi connectivity index (χ3v) is 2.41. The van der Waals surface area contributed by atoms with Crippen molar-refractivity contribution in [1.82, 2.24) is 0 Å². The van der Waals surface area contributed by atoms with Gasteiger partial charge < -0.3 is 9.42 Å². The lowest BCUT2D eigenvalue weighted by Crippen LogP contribution is -1.88. The molecule has 15 heavy (non-hydrogen) atoms. The maximum atomic E-state index is 10.3. The van der Waals surface area contributed by atoms with E-state index in [0.717, 1.165) is 18.4 Å².